The number of thiophene rings is 1. The highest BCUT2D eigenvalue weighted by atomic mass is 35.5. The molecule has 0 unspecified atom stereocenters. The Bertz CT molecular complexity index is 1070. The molecular formula is C22H30Cl4N6OS. The quantitative estimate of drug-likeness (QED) is 0.404. The Hall–Kier alpha value is -1.39. The number of nitrogens with zero attached hydrogens (tertiary/aromatic N) is 4. The highest BCUT2D eigenvalue weighted by Crippen LogP contribution is 2.36. The Balaban J connectivity index is 0.00000193. The van der Waals surface area contributed by atoms with Gasteiger partial charge in [0.2, 0.25) is 5.95 Å². The van der Waals surface area contributed by atoms with E-state index in [0.717, 1.165) is 60.7 Å². The van der Waals surface area contributed by atoms with Crippen molar-refractivity contribution in [2.75, 3.05) is 58.7 Å². The van der Waals surface area contributed by atoms with Crippen LogP contribution < -0.4 is 10.6 Å². The number of hydrogen-bond donors (Lipinski definition) is 2. The predicted octanol–water partition coefficient (Wildman–Crippen LogP) is 4.69. The van der Waals surface area contributed by atoms with Crippen molar-refractivity contribution in [3.05, 3.63) is 41.0 Å². The van der Waals surface area contributed by atoms with Crippen molar-refractivity contribution in [3.63, 3.8) is 0 Å². The number of likely N-dealkylation sites (N-methyl/N-ethyl adjacent to an activating group) is 1. The number of amides is 1. The Kier molecular flexibility index (Phi) is 12.8. The summed E-state index contributed by atoms with van der Waals surface area (Å²) in [5.41, 5.74) is 1.35. The number of hydrogen-bond acceptors (Lipinski definition) is 7. The summed E-state index contributed by atoms with van der Waals surface area (Å²) in [6.45, 7) is 6.42. The minimum Gasteiger partial charge on any atom is -0.355 e. The number of aromatic nitrogens is 2. The normalized spacial score (nSPS) is 14.0. The number of fused-ring (bicyclic) bond motifs is 1. The van der Waals surface area contributed by atoms with E-state index in [1.807, 2.05) is 18.2 Å². The number of nitrogens with one attached hydrogen (secondary N) is 2. The molecule has 188 valence electrons. The van der Waals surface area contributed by atoms with Crippen LogP contribution in [0.3, 0.4) is 0 Å². The van der Waals surface area contributed by atoms with Gasteiger partial charge in [-0.3, -0.25) is 4.79 Å². The Morgan fingerprint density at radius 3 is 2.59 bits per heavy atom. The van der Waals surface area contributed by atoms with Crippen LogP contribution in [-0.2, 0) is 0 Å². The molecular weight excluding hydrogens is 538 g/mol. The summed E-state index contributed by atoms with van der Waals surface area (Å²) in [5, 5.41) is 7.56. The predicted molar refractivity (Wildman–Crippen MR) is 150 cm³/mol. The van der Waals surface area contributed by atoms with Gasteiger partial charge in [0, 0.05) is 50.0 Å². The smallest absolute Gasteiger partial charge is 0.251 e. The van der Waals surface area contributed by atoms with Crippen molar-refractivity contribution in [2.45, 2.75) is 6.42 Å². The van der Waals surface area contributed by atoms with Crippen LogP contribution in [0.15, 0.2) is 30.5 Å². The van der Waals surface area contributed by atoms with E-state index >= 15 is 0 Å². The van der Waals surface area contributed by atoms with Crippen LogP contribution >= 0.6 is 60.2 Å². The molecule has 1 fully saturated rings. The minimum atomic E-state index is -0.0972. The molecule has 1 amide bonds. The van der Waals surface area contributed by atoms with Gasteiger partial charge in [-0.1, -0.05) is 17.7 Å². The summed E-state index contributed by atoms with van der Waals surface area (Å²) in [7, 11) is 3.80. The highest BCUT2D eigenvalue weighted by molar-refractivity contribution is 7.22. The van der Waals surface area contributed by atoms with Crippen molar-refractivity contribution in [3.8, 4) is 10.6 Å². The molecule has 12 heteroatoms. The lowest BCUT2D eigenvalue weighted by molar-refractivity contribution is 0.0963. The first kappa shape index (κ1) is 30.6. The molecule has 1 aliphatic rings. The van der Waals surface area contributed by atoms with Crippen molar-refractivity contribution in [1.29, 1.82) is 0 Å². The van der Waals surface area contributed by atoms with Crippen LogP contribution in [0.5, 0.6) is 0 Å². The lowest BCUT2D eigenvalue weighted by Gasteiger charge is -2.32. The third-order valence-electron chi connectivity index (χ3n) is 5.52. The number of benzene rings is 1. The van der Waals surface area contributed by atoms with Gasteiger partial charge in [-0.25, -0.2) is 9.97 Å². The van der Waals surface area contributed by atoms with Crippen molar-refractivity contribution >= 4 is 82.1 Å². The van der Waals surface area contributed by atoms with Gasteiger partial charge in [0.05, 0.1) is 16.1 Å². The molecule has 0 radical (unpaired) electrons. The molecule has 2 aromatic heterocycles. The van der Waals surface area contributed by atoms with E-state index < -0.39 is 0 Å². The second kappa shape index (κ2) is 14.2. The summed E-state index contributed by atoms with van der Waals surface area (Å²) < 4.78 is 1.02. The Labute approximate surface area is 227 Å². The van der Waals surface area contributed by atoms with E-state index in [1.54, 1.807) is 24.6 Å². The van der Waals surface area contributed by atoms with Crippen molar-refractivity contribution < 1.29 is 4.79 Å². The SMILES string of the molecule is CNC(=O)c1ccc2cc(-c3nc(NCCCN4CCN(C)CC4)ncc3Cl)sc2c1.Cl.Cl.Cl. The van der Waals surface area contributed by atoms with E-state index in [-0.39, 0.29) is 43.1 Å². The molecule has 1 aliphatic heterocycles. The summed E-state index contributed by atoms with van der Waals surface area (Å²) in [4.78, 5) is 26.7. The average Bonchev–Trinajstić information content (AvgIpc) is 3.21. The molecule has 2 N–H and O–H groups in total. The molecule has 0 spiro atoms. The molecule has 1 aromatic carbocycles. The van der Waals surface area contributed by atoms with Crippen molar-refractivity contribution in [2.24, 2.45) is 0 Å². The second-order valence-corrected chi connectivity index (χ2v) is 9.25. The number of halogens is 4. The third-order valence-corrected chi connectivity index (χ3v) is 6.90. The monoisotopic (exact) mass is 566 g/mol. The van der Waals surface area contributed by atoms with E-state index in [4.69, 9.17) is 11.6 Å². The molecule has 7 nitrogen and oxygen atoms in total. The van der Waals surface area contributed by atoms with Gasteiger partial charge >= 0.3 is 0 Å². The van der Waals surface area contributed by atoms with E-state index in [2.05, 4.69) is 43.5 Å². The van der Waals surface area contributed by atoms with E-state index in [9.17, 15) is 4.79 Å². The summed E-state index contributed by atoms with van der Waals surface area (Å²) in [5.74, 6) is 0.487. The fraction of sp³-hybridized carbons (Fsp3) is 0.409. The lowest BCUT2D eigenvalue weighted by atomic mass is 10.1. The fourth-order valence-corrected chi connectivity index (χ4v) is 4.99. The van der Waals surface area contributed by atoms with Gasteiger partial charge in [0.15, 0.2) is 0 Å². The molecule has 0 bridgehead atoms. The molecule has 4 rings (SSSR count). The van der Waals surface area contributed by atoms with Gasteiger partial charge in [-0.15, -0.1) is 48.6 Å². The molecule has 3 aromatic rings. The molecule has 1 saturated heterocycles. The maximum Gasteiger partial charge on any atom is 0.251 e. The fourth-order valence-electron chi connectivity index (χ4n) is 3.63. The zero-order valence-electron chi connectivity index (χ0n) is 19.0. The van der Waals surface area contributed by atoms with Gasteiger partial charge in [0.1, 0.15) is 5.69 Å². The van der Waals surface area contributed by atoms with Gasteiger partial charge in [-0.2, -0.15) is 0 Å². The standard InChI is InChI=1S/C22H27ClN6OS.3ClH/c1-24-21(30)16-5-4-15-12-19(31-18(15)13-16)20-17(23)14-26-22(27-20)25-6-3-7-29-10-8-28(2)9-11-29;;;/h4-5,12-14H,3,6-11H2,1-2H3,(H,24,30)(H,25,26,27);3*1H. The number of piperazine rings is 1. The van der Waals surface area contributed by atoms with Crippen LogP contribution in [0.4, 0.5) is 5.95 Å². The van der Waals surface area contributed by atoms with Crippen LogP contribution in [0.1, 0.15) is 16.8 Å². The average molecular weight is 568 g/mol. The van der Waals surface area contributed by atoms with Crippen LogP contribution in [0.2, 0.25) is 5.02 Å². The zero-order valence-corrected chi connectivity index (χ0v) is 23.1. The summed E-state index contributed by atoms with van der Waals surface area (Å²) in [6, 6.07) is 7.73. The number of anilines is 1. The minimum absolute atomic E-state index is 0. The van der Waals surface area contributed by atoms with Crippen LogP contribution in [0.25, 0.3) is 20.7 Å². The maximum absolute atomic E-state index is 11.9. The highest BCUT2D eigenvalue weighted by Gasteiger charge is 2.15. The third kappa shape index (κ3) is 7.55. The largest absolute Gasteiger partial charge is 0.355 e. The lowest BCUT2D eigenvalue weighted by Crippen LogP contribution is -2.44. The second-order valence-electron chi connectivity index (χ2n) is 7.76. The Morgan fingerprint density at radius 1 is 1.15 bits per heavy atom. The van der Waals surface area contributed by atoms with E-state index in [0.29, 0.717) is 22.2 Å². The first-order valence-corrected chi connectivity index (χ1v) is 11.7. The molecule has 3 heterocycles. The zero-order chi connectivity index (χ0) is 21.8. The molecule has 0 aliphatic carbocycles. The van der Waals surface area contributed by atoms with Crippen molar-refractivity contribution in [1.82, 2.24) is 25.1 Å². The summed E-state index contributed by atoms with van der Waals surface area (Å²) in [6.07, 6.45) is 2.68. The Morgan fingerprint density at radius 2 is 1.88 bits per heavy atom. The number of carbonyl (C=O) groups excluding carboxylic acids is 1. The van der Waals surface area contributed by atoms with E-state index in [1.165, 1.54) is 0 Å². The summed E-state index contributed by atoms with van der Waals surface area (Å²) >= 11 is 7.99. The molecule has 0 saturated carbocycles. The van der Waals surface area contributed by atoms with Crippen LogP contribution in [0, 0.1) is 0 Å². The van der Waals surface area contributed by atoms with Gasteiger partial charge in [0.25, 0.3) is 5.91 Å². The van der Waals surface area contributed by atoms with Crippen LogP contribution in [-0.4, -0.2) is 79.0 Å². The first-order valence-electron chi connectivity index (χ1n) is 10.5. The topological polar surface area (TPSA) is 73.4 Å². The first-order chi connectivity index (χ1) is 15.0. The molecule has 34 heavy (non-hydrogen) atoms. The number of rotatable bonds is 7. The van der Waals surface area contributed by atoms with Gasteiger partial charge in [-0.05, 0) is 43.6 Å². The number of carbonyl (C=O) groups is 1. The van der Waals surface area contributed by atoms with Gasteiger partial charge < -0.3 is 20.4 Å². The molecule has 0 atom stereocenters. The maximum atomic E-state index is 11.9.